The minimum atomic E-state index is -4.68. The number of aromatic nitrogens is 3. The second kappa shape index (κ2) is 8.42. The van der Waals surface area contributed by atoms with Gasteiger partial charge in [-0.3, -0.25) is 14.6 Å². The van der Waals surface area contributed by atoms with E-state index >= 15 is 0 Å². The average Bonchev–Trinajstić information content (AvgIpc) is 3.44. The largest absolute Gasteiger partial charge is 0.477 e. The van der Waals surface area contributed by atoms with Crippen molar-refractivity contribution in [2.75, 3.05) is 11.5 Å². The van der Waals surface area contributed by atoms with Gasteiger partial charge in [0, 0.05) is 30.5 Å². The molecule has 0 spiro atoms. The molecule has 3 aliphatic rings. The number of aliphatic hydroxyl groups is 1. The van der Waals surface area contributed by atoms with Crippen LogP contribution in [0, 0.1) is 23.2 Å². The van der Waals surface area contributed by atoms with Crippen LogP contribution in [0.25, 0.3) is 10.9 Å². The lowest BCUT2D eigenvalue weighted by molar-refractivity contribution is -0.141. The third-order valence-electron chi connectivity index (χ3n) is 7.93. The van der Waals surface area contributed by atoms with Gasteiger partial charge in [-0.15, -0.1) is 0 Å². The van der Waals surface area contributed by atoms with E-state index in [1.54, 1.807) is 19.1 Å². The molecule has 2 amide bonds. The number of nitrogens with zero attached hydrogens (tertiary/aromatic N) is 5. The second-order valence-electron chi connectivity index (χ2n) is 10.0. The van der Waals surface area contributed by atoms with Gasteiger partial charge in [0.1, 0.15) is 18.0 Å². The highest BCUT2D eigenvalue weighted by Crippen LogP contribution is 2.62. The minimum Gasteiger partial charge on any atom is -0.477 e. The molecule has 3 saturated heterocycles. The maximum Gasteiger partial charge on any atom is 0.433 e. The summed E-state index contributed by atoms with van der Waals surface area (Å²) in [6.07, 6.45) is -3.45. The smallest absolute Gasteiger partial charge is 0.433 e. The van der Waals surface area contributed by atoms with Crippen molar-refractivity contribution >= 4 is 28.4 Å². The molecule has 13 heteroatoms. The Balaban J connectivity index is 1.32. The third kappa shape index (κ3) is 3.59. The zero-order valence-electron chi connectivity index (χ0n) is 20.3. The lowest BCUT2D eigenvalue weighted by atomic mass is 9.66. The SMILES string of the molecule is CC12OC(CCOc3cc(C(F)(F)F)ncn3)(C[C@H]1O)[C@@H]1C(=O)N(c3ccc(C#N)c4ncccc34)C(=O)[C@@H]12. The van der Waals surface area contributed by atoms with Crippen molar-refractivity contribution in [3.8, 4) is 11.9 Å². The Hall–Kier alpha value is -4.15. The first kappa shape index (κ1) is 25.1. The summed E-state index contributed by atoms with van der Waals surface area (Å²) in [5.41, 5.74) is -2.92. The van der Waals surface area contributed by atoms with E-state index in [4.69, 9.17) is 9.47 Å². The van der Waals surface area contributed by atoms with E-state index in [9.17, 15) is 33.1 Å². The van der Waals surface area contributed by atoms with Crippen molar-refractivity contribution < 1.29 is 37.3 Å². The van der Waals surface area contributed by atoms with Gasteiger partial charge >= 0.3 is 6.18 Å². The average molecular weight is 539 g/mol. The molecule has 1 N–H and O–H groups in total. The number of fused-ring (bicyclic) bond motifs is 6. The Morgan fingerprint density at radius 1 is 1.21 bits per heavy atom. The van der Waals surface area contributed by atoms with E-state index in [2.05, 4.69) is 21.0 Å². The van der Waals surface area contributed by atoms with Crippen molar-refractivity contribution in [1.82, 2.24) is 15.0 Å². The quantitative estimate of drug-likeness (QED) is 0.485. The Labute approximate surface area is 219 Å². The molecule has 5 atom stereocenters. The molecular weight excluding hydrogens is 519 g/mol. The summed E-state index contributed by atoms with van der Waals surface area (Å²) in [4.78, 5) is 39.9. The molecule has 200 valence electrons. The van der Waals surface area contributed by atoms with Gasteiger partial charge in [0.2, 0.25) is 17.7 Å². The number of benzene rings is 1. The predicted molar refractivity (Wildman–Crippen MR) is 126 cm³/mol. The lowest BCUT2D eigenvalue weighted by Crippen LogP contribution is -2.49. The number of anilines is 1. The number of carbonyl (C=O) groups is 2. The number of hydrogen-bond acceptors (Lipinski definition) is 9. The van der Waals surface area contributed by atoms with Gasteiger partial charge in [-0.2, -0.15) is 18.4 Å². The highest BCUT2D eigenvalue weighted by Gasteiger charge is 2.77. The van der Waals surface area contributed by atoms with E-state index in [1.165, 1.54) is 18.3 Å². The number of amides is 2. The number of imide groups is 1. The number of rotatable bonds is 5. The van der Waals surface area contributed by atoms with Crippen LogP contribution in [-0.4, -0.2) is 55.8 Å². The Bertz CT molecular complexity index is 1580. The van der Waals surface area contributed by atoms with Crippen LogP contribution >= 0.6 is 0 Å². The Morgan fingerprint density at radius 3 is 2.72 bits per heavy atom. The Kier molecular flexibility index (Phi) is 5.43. The highest BCUT2D eigenvalue weighted by molar-refractivity contribution is 6.26. The highest BCUT2D eigenvalue weighted by atomic mass is 19.4. The first-order chi connectivity index (χ1) is 18.5. The number of carbonyl (C=O) groups excluding carboxylic acids is 2. The summed E-state index contributed by atoms with van der Waals surface area (Å²) in [6.45, 7) is 1.39. The fraction of sp³-hybridized carbons (Fsp3) is 0.385. The molecular formula is C26H20F3N5O5. The molecule has 3 fully saturated rings. The van der Waals surface area contributed by atoms with Crippen molar-refractivity contribution in [2.24, 2.45) is 11.8 Å². The van der Waals surface area contributed by atoms with Gasteiger partial charge in [-0.25, -0.2) is 14.9 Å². The second-order valence-corrected chi connectivity index (χ2v) is 10.0. The number of alkyl halides is 3. The predicted octanol–water partition coefficient (Wildman–Crippen LogP) is 2.78. The van der Waals surface area contributed by atoms with Gasteiger partial charge in [-0.1, -0.05) is 0 Å². The summed E-state index contributed by atoms with van der Waals surface area (Å²) in [5, 5.41) is 20.8. The van der Waals surface area contributed by atoms with E-state index in [0.29, 0.717) is 17.0 Å². The maximum absolute atomic E-state index is 13.9. The van der Waals surface area contributed by atoms with Crippen LogP contribution in [0.2, 0.25) is 0 Å². The number of nitriles is 1. The van der Waals surface area contributed by atoms with Crippen LogP contribution in [-0.2, 0) is 20.5 Å². The van der Waals surface area contributed by atoms with Gasteiger partial charge in [0.25, 0.3) is 0 Å². The molecule has 2 aromatic heterocycles. The molecule has 0 radical (unpaired) electrons. The number of pyridine rings is 1. The molecule has 5 heterocycles. The van der Waals surface area contributed by atoms with Crippen LogP contribution in [0.5, 0.6) is 5.88 Å². The fourth-order valence-corrected chi connectivity index (χ4v) is 6.21. The molecule has 3 aromatic rings. The first-order valence-electron chi connectivity index (χ1n) is 12.1. The molecule has 10 nitrogen and oxygen atoms in total. The summed E-state index contributed by atoms with van der Waals surface area (Å²) in [5.74, 6) is -3.34. The van der Waals surface area contributed by atoms with Crippen molar-refractivity contribution in [3.05, 3.63) is 54.1 Å². The third-order valence-corrected chi connectivity index (χ3v) is 7.93. The van der Waals surface area contributed by atoms with Gasteiger partial charge in [0.15, 0.2) is 5.69 Å². The van der Waals surface area contributed by atoms with Crippen LogP contribution in [0.15, 0.2) is 42.9 Å². The van der Waals surface area contributed by atoms with Crippen LogP contribution in [0.4, 0.5) is 18.9 Å². The van der Waals surface area contributed by atoms with E-state index in [1.807, 2.05) is 0 Å². The molecule has 0 saturated carbocycles. The number of halogens is 3. The number of hydrogen-bond donors (Lipinski definition) is 1. The van der Waals surface area contributed by atoms with E-state index in [0.717, 1.165) is 11.2 Å². The van der Waals surface area contributed by atoms with Gasteiger partial charge in [0.05, 0.1) is 46.9 Å². The standard InChI is InChI=1S/C26H20F3N5O5/c1-24-17(35)10-25(39-24,6-8-38-18-9-16(26(27,28)29)32-12-33-18)20-19(24)22(36)34(23(20)37)15-5-4-13(11-30)21-14(15)3-2-7-31-21/h2-5,7,9,12,17,19-20,35H,6,8,10H2,1H3/t17-,19-,20+,24?,25?/m1/s1. The minimum absolute atomic E-state index is 0.00864. The Morgan fingerprint density at radius 2 is 1.97 bits per heavy atom. The van der Waals surface area contributed by atoms with Crippen molar-refractivity contribution in [3.63, 3.8) is 0 Å². The summed E-state index contributed by atoms with van der Waals surface area (Å²) in [6, 6.07) is 9.02. The van der Waals surface area contributed by atoms with Crippen molar-refractivity contribution in [1.29, 1.82) is 5.26 Å². The molecule has 6 rings (SSSR count). The molecule has 2 bridgehead atoms. The number of aliphatic hydroxyl groups excluding tert-OH is 1. The summed E-state index contributed by atoms with van der Waals surface area (Å²) in [7, 11) is 0. The first-order valence-corrected chi connectivity index (χ1v) is 12.1. The normalized spacial score (nSPS) is 29.6. The van der Waals surface area contributed by atoms with E-state index < -0.39 is 52.8 Å². The summed E-state index contributed by atoms with van der Waals surface area (Å²) < 4.78 is 50.7. The van der Waals surface area contributed by atoms with E-state index in [-0.39, 0.29) is 36.6 Å². The zero-order chi connectivity index (χ0) is 27.7. The molecule has 1 aromatic carbocycles. The maximum atomic E-state index is 13.9. The molecule has 39 heavy (non-hydrogen) atoms. The molecule has 0 aliphatic carbocycles. The van der Waals surface area contributed by atoms with Crippen LogP contribution < -0.4 is 9.64 Å². The molecule has 3 aliphatic heterocycles. The van der Waals surface area contributed by atoms with Crippen LogP contribution in [0.3, 0.4) is 0 Å². The van der Waals surface area contributed by atoms with Crippen molar-refractivity contribution in [2.45, 2.75) is 43.2 Å². The fourth-order valence-electron chi connectivity index (χ4n) is 6.21. The molecule has 2 unspecified atom stereocenters. The number of ether oxygens (including phenoxy) is 2. The van der Waals surface area contributed by atoms with Gasteiger partial charge in [-0.05, 0) is 31.2 Å². The summed E-state index contributed by atoms with van der Waals surface area (Å²) >= 11 is 0. The van der Waals surface area contributed by atoms with Crippen LogP contribution in [0.1, 0.15) is 31.0 Å². The van der Waals surface area contributed by atoms with Gasteiger partial charge < -0.3 is 14.6 Å². The zero-order valence-corrected chi connectivity index (χ0v) is 20.3. The monoisotopic (exact) mass is 539 g/mol. The topological polar surface area (TPSA) is 139 Å². The lowest BCUT2D eigenvalue weighted by Gasteiger charge is -2.33.